The van der Waals surface area contributed by atoms with Gasteiger partial charge in [0.2, 0.25) is 0 Å². The van der Waals surface area contributed by atoms with Gasteiger partial charge in [0.25, 0.3) is 6.71 Å². The molecule has 4 heterocycles. The maximum Gasteiger partial charge on any atom is 0.260 e. The Hall–Kier alpha value is -6.20. The molecule has 0 aliphatic carbocycles. The Bertz CT molecular complexity index is 2650. The van der Waals surface area contributed by atoms with Crippen LogP contribution in [0.3, 0.4) is 0 Å². The van der Waals surface area contributed by atoms with Crippen LogP contribution in [0.25, 0.3) is 60.6 Å². The average Bonchev–Trinajstić information content (AvgIpc) is 3.67. The molecule has 2 aliphatic heterocycles. The van der Waals surface area contributed by atoms with Crippen LogP contribution in [0.1, 0.15) is 0 Å². The highest BCUT2D eigenvalue weighted by atomic mass is 16.5. The Morgan fingerprint density at radius 3 is 1.64 bits per heavy atom. The molecule has 0 saturated carbocycles. The molecule has 2 aliphatic rings. The molecule has 9 aromatic rings. The van der Waals surface area contributed by atoms with Gasteiger partial charge in [-0.15, -0.1) is 0 Å². The van der Waals surface area contributed by atoms with E-state index >= 15 is 0 Å². The third-order valence-electron chi connectivity index (χ3n) is 9.93. The molecule has 0 bridgehead atoms. The Kier molecular flexibility index (Phi) is 4.89. The van der Waals surface area contributed by atoms with Gasteiger partial charge in [-0.05, 0) is 59.0 Å². The van der Waals surface area contributed by atoms with Gasteiger partial charge in [-0.1, -0.05) is 103 Å². The minimum absolute atomic E-state index is 0.0414. The Morgan fingerprint density at radius 2 is 0.979 bits per heavy atom. The van der Waals surface area contributed by atoms with Gasteiger partial charge >= 0.3 is 0 Å². The van der Waals surface area contributed by atoms with E-state index in [2.05, 4.69) is 138 Å². The fourth-order valence-electron chi connectivity index (χ4n) is 7.94. The number of para-hydroxylation sites is 6. The van der Waals surface area contributed by atoms with Gasteiger partial charge in [-0.25, -0.2) is 0 Å². The smallest absolute Gasteiger partial charge is 0.260 e. The van der Waals surface area contributed by atoms with Crippen molar-refractivity contribution in [1.29, 1.82) is 0 Å². The van der Waals surface area contributed by atoms with Gasteiger partial charge in [0.15, 0.2) is 5.58 Å². The molecule has 0 radical (unpaired) electrons. The molecule has 0 unspecified atom stereocenters. The van der Waals surface area contributed by atoms with Crippen LogP contribution in [0.5, 0.6) is 23.0 Å². The summed E-state index contributed by atoms with van der Waals surface area (Å²) < 4.78 is 22.5. The molecule has 4 nitrogen and oxygen atoms in total. The number of nitrogens with zero attached hydrogens (tertiary/aromatic N) is 1. The molecule has 5 heteroatoms. The molecule has 218 valence electrons. The Labute approximate surface area is 270 Å². The van der Waals surface area contributed by atoms with Crippen LogP contribution < -0.4 is 25.9 Å². The van der Waals surface area contributed by atoms with Crippen molar-refractivity contribution in [2.45, 2.75) is 0 Å². The number of benzene rings is 7. The van der Waals surface area contributed by atoms with E-state index in [1.165, 1.54) is 10.8 Å². The second-order valence-corrected chi connectivity index (χ2v) is 12.4. The molecule has 0 atom stereocenters. The van der Waals surface area contributed by atoms with E-state index in [0.717, 1.165) is 89.2 Å². The minimum atomic E-state index is 0.0414. The molecule has 2 aromatic heterocycles. The standard InChI is InChI=1S/C42H24BNO3/c1-5-18-33-27(11-1)28-12-2-6-19-34(28)44(33)35-20-10-15-30-29-14-9-13-26(41(29)47-42(30)35)25-23-38-40-39(24-25)46-37-22-8-4-17-32(37)43(40)31-16-3-7-21-36(31)45-38/h1-24H. The SMILES string of the molecule is c1ccc2c(c1)Oc1cc(-c3cccc4c3oc3c(-n5c6ccccc6c6ccccc65)cccc34)cc3c1B2c1ccccc1O3. The topological polar surface area (TPSA) is 36.5 Å². The number of hydrogen-bond acceptors (Lipinski definition) is 3. The first-order chi connectivity index (χ1) is 23.3. The van der Waals surface area contributed by atoms with Crippen molar-refractivity contribution >= 4 is 66.8 Å². The molecule has 0 fully saturated rings. The van der Waals surface area contributed by atoms with Crippen molar-refractivity contribution in [2.24, 2.45) is 0 Å². The quantitative estimate of drug-likeness (QED) is 0.186. The van der Waals surface area contributed by atoms with Crippen LogP contribution in [0.2, 0.25) is 0 Å². The summed E-state index contributed by atoms with van der Waals surface area (Å²) in [5.74, 6) is 3.38. The summed E-state index contributed by atoms with van der Waals surface area (Å²) in [6.07, 6.45) is 0. The molecule has 0 amide bonds. The number of furan rings is 1. The first kappa shape index (κ1) is 25.0. The second-order valence-electron chi connectivity index (χ2n) is 12.4. The van der Waals surface area contributed by atoms with Crippen LogP contribution in [0.15, 0.2) is 150 Å². The van der Waals surface area contributed by atoms with Crippen molar-refractivity contribution in [3.05, 3.63) is 146 Å². The van der Waals surface area contributed by atoms with Gasteiger partial charge in [-0.3, -0.25) is 0 Å². The van der Waals surface area contributed by atoms with Gasteiger partial charge in [0.1, 0.15) is 28.6 Å². The largest absolute Gasteiger partial charge is 0.458 e. The summed E-state index contributed by atoms with van der Waals surface area (Å²) in [7, 11) is 0. The summed E-state index contributed by atoms with van der Waals surface area (Å²) >= 11 is 0. The molecule has 47 heavy (non-hydrogen) atoms. The molecule has 11 rings (SSSR count). The fraction of sp³-hybridized carbons (Fsp3) is 0. The average molecular weight is 601 g/mol. The summed E-state index contributed by atoms with van der Waals surface area (Å²) in [4.78, 5) is 0. The zero-order valence-corrected chi connectivity index (χ0v) is 25.1. The van der Waals surface area contributed by atoms with E-state index in [9.17, 15) is 0 Å². The molecule has 0 spiro atoms. The van der Waals surface area contributed by atoms with Crippen molar-refractivity contribution in [3.63, 3.8) is 0 Å². The number of ether oxygens (including phenoxy) is 2. The van der Waals surface area contributed by atoms with Crippen LogP contribution in [-0.2, 0) is 0 Å². The third kappa shape index (κ3) is 3.38. The van der Waals surface area contributed by atoms with Crippen molar-refractivity contribution in [3.8, 4) is 39.8 Å². The normalized spacial score (nSPS) is 13.0. The second kappa shape index (κ2) is 9.18. The van der Waals surface area contributed by atoms with Gasteiger partial charge in [0.05, 0.1) is 16.7 Å². The summed E-state index contributed by atoms with van der Waals surface area (Å²) in [5, 5.41) is 4.60. The van der Waals surface area contributed by atoms with Crippen LogP contribution in [0, 0.1) is 0 Å². The van der Waals surface area contributed by atoms with E-state index in [0.29, 0.717) is 0 Å². The number of aromatic nitrogens is 1. The summed E-state index contributed by atoms with van der Waals surface area (Å²) in [6, 6.07) is 50.9. The van der Waals surface area contributed by atoms with Crippen molar-refractivity contribution < 1.29 is 13.9 Å². The zero-order valence-electron chi connectivity index (χ0n) is 25.1. The van der Waals surface area contributed by atoms with E-state index in [-0.39, 0.29) is 6.71 Å². The predicted octanol–water partition coefficient (Wildman–Crippen LogP) is 9.08. The monoisotopic (exact) mass is 601 g/mol. The lowest BCUT2D eigenvalue weighted by Crippen LogP contribution is -2.57. The maximum absolute atomic E-state index is 6.95. The maximum atomic E-state index is 6.95. The molecule has 0 N–H and O–H groups in total. The van der Waals surface area contributed by atoms with E-state index in [1.807, 2.05) is 12.1 Å². The van der Waals surface area contributed by atoms with Crippen molar-refractivity contribution in [2.75, 3.05) is 0 Å². The third-order valence-corrected chi connectivity index (χ3v) is 9.93. The van der Waals surface area contributed by atoms with Crippen LogP contribution >= 0.6 is 0 Å². The van der Waals surface area contributed by atoms with Crippen LogP contribution in [0.4, 0.5) is 0 Å². The predicted molar refractivity (Wildman–Crippen MR) is 191 cm³/mol. The highest BCUT2D eigenvalue weighted by Gasteiger charge is 2.40. The van der Waals surface area contributed by atoms with E-state index in [4.69, 9.17) is 13.9 Å². The molecule has 0 saturated heterocycles. The lowest BCUT2D eigenvalue weighted by Gasteiger charge is -2.33. The zero-order chi connectivity index (χ0) is 30.6. The Balaban J connectivity index is 1.15. The fourth-order valence-corrected chi connectivity index (χ4v) is 7.94. The van der Waals surface area contributed by atoms with Gasteiger partial charge in [-0.2, -0.15) is 0 Å². The van der Waals surface area contributed by atoms with Crippen LogP contribution in [-0.4, -0.2) is 11.3 Å². The highest BCUT2D eigenvalue weighted by molar-refractivity contribution is 6.98. The van der Waals surface area contributed by atoms with Gasteiger partial charge < -0.3 is 18.5 Å². The lowest BCUT2D eigenvalue weighted by atomic mass is 9.35. The summed E-state index contributed by atoms with van der Waals surface area (Å²) in [6.45, 7) is 0.0414. The Morgan fingerprint density at radius 1 is 0.447 bits per heavy atom. The van der Waals surface area contributed by atoms with Crippen molar-refractivity contribution in [1.82, 2.24) is 4.57 Å². The van der Waals surface area contributed by atoms with E-state index < -0.39 is 0 Å². The van der Waals surface area contributed by atoms with Gasteiger partial charge in [0, 0.05) is 32.6 Å². The number of rotatable bonds is 2. The molecular formula is C42H24BNO3. The number of fused-ring (bicyclic) bond motifs is 10. The first-order valence-electron chi connectivity index (χ1n) is 16.0. The molecular weight excluding hydrogens is 577 g/mol. The molecule has 7 aromatic carbocycles. The minimum Gasteiger partial charge on any atom is -0.458 e. The first-order valence-corrected chi connectivity index (χ1v) is 16.0. The highest BCUT2D eigenvalue weighted by Crippen LogP contribution is 2.43. The lowest BCUT2D eigenvalue weighted by molar-refractivity contribution is 0.465. The van der Waals surface area contributed by atoms with E-state index in [1.54, 1.807) is 0 Å². The number of hydrogen-bond donors (Lipinski definition) is 0. The summed E-state index contributed by atoms with van der Waals surface area (Å²) in [5.41, 5.74) is 10.4.